The van der Waals surface area contributed by atoms with Crippen molar-refractivity contribution in [2.24, 2.45) is 0 Å². The first kappa shape index (κ1) is 15.1. The molecule has 116 valence electrons. The second kappa shape index (κ2) is 6.15. The maximum atomic E-state index is 11.8. The van der Waals surface area contributed by atoms with E-state index in [4.69, 9.17) is 0 Å². The van der Waals surface area contributed by atoms with Crippen molar-refractivity contribution in [1.29, 1.82) is 0 Å². The number of rotatable bonds is 4. The van der Waals surface area contributed by atoms with E-state index in [0.29, 0.717) is 11.3 Å². The summed E-state index contributed by atoms with van der Waals surface area (Å²) in [5.74, 6) is 0. The summed E-state index contributed by atoms with van der Waals surface area (Å²) in [5.41, 5.74) is 1.92. The Hall–Kier alpha value is -2.77. The second-order valence-electron chi connectivity index (χ2n) is 4.80. The van der Waals surface area contributed by atoms with Crippen LogP contribution < -0.4 is 0 Å². The van der Waals surface area contributed by atoms with Gasteiger partial charge < -0.3 is 0 Å². The molecule has 7 heteroatoms. The fourth-order valence-corrected chi connectivity index (χ4v) is 3.14. The zero-order valence-corrected chi connectivity index (χ0v) is 12.7. The molecule has 2 N–H and O–H groups in total. The molecule has 0 saturated heterocycles. The van der Waals surface area contributed by atoms with Crippen LogP contribution >= 0.6 is 0 Å². The molecule has 0 aliphatic rings. The van der Waals surface area contributed by atoms with Crippen molar-refractivity contribution in [3.8, 4) is 11.3 Å². The minimum Gasteiger partial charge on any atom is -0.282 e. The van der Waals surface area contributed by atoms with E-state index in [1.54, 1.807) is 30.4 Å². The van der Waals surface area contributed by atoms with Crippen LogP contribution in [0.15, 0.2) is 59.6 Å². The molecule has 3 aromatic rings. The molecule has 0 amide bonds. The number of nitrogens with one attached hydrogen (secondary N) is 1. The standard InChI is InChI=1S/C16H13N3O3S/c20-23(21,22)16-13(10-9-12-5-2-1-3-6-12)7-4-8-14(16)15-11-17-19-18-15/h1-11H,(H,17,18,19)(H,20,21,22). The molecule has 0 unspecified atom stereocenters. The fraction of sp³-hybridized carbons (Fsp3) is 0. The lowest BCUT2D eigenvalue weighted by Gasteiger charge is -2.08. The van der Waals surface area contributed by atoms with Gasteiger partial charge in [0, 0.05) is 5.56 Å². The molecule has 0 bridgehead atoms. The summed E-state index contributed by atoms with van der Waals surface area (Å²) < 4.78 is 33.3. The van der Waals surface area contributed by atoms with Crippen LogP contribution in [0.2, 0.25) is 0 Å². The zero-order valence-electron chi connectivity index (χ0n) is 11.9. The highest BCUT2D eigenvalue weighted by atomic mass is 32.2. The van der Waals surface area contributed by atoms with Crippen LogP contribution in [0.25, 0.3) is 23.4 Å². The molecule has 23 heavy (non-hydrogen) atoms. The van der Waals surface area contributed by atoms with Crippen molar-refractivity contribution in [2.45, 2.75) is 4.90 Å². The Bertz CT molecular complexity index is 934. The lowest BCUT2D eigenvalue weighted by Crippen LogP contribution is -2.03. The molecule has 0 aliphatic carbocycles. The maximum Gasteiger partial charge on any atom is 0.295 e. The normalized spacial score (nSPS) is 11.9. The highest BCUT2D eigenvalue weighted by Gasteiger charge is 2.21. The molecule has 0 spiro atoms. The molecule has 0 aliphatic heterocycles. The van der Waals surface area contributed by atoms with Crippen molar-refractivity contribution < 1.29 is 13.0 Å². The van der Waals surface area contributed by atoms with Crippen LogP contribution in [0, 0.1) is 0 Å². The Kier molecular flexibility index (Phi) is 4.05. The van der Waals surface area contributed by atoms with Gasteiger partial charge >= 0.3 is 0 Å². The molecule has 0 radical (unpaired) electrons. The van der Waals surface area contributed by atoms with E-state index >= 15 is 0 Å². The molecule has 3 rings (SSSR count). The van der Waals surface area contributed by atoms with Crippen LogP contribution in [0.1, 0.15) is 11.1 Å². The summed E-state index contributed by atoms with van der Waals surface area (Å²) >= 11 is 0. The summed E-state index contributed by atoms with van der Waals surface area (Å²) in [6, 6.07) is 14.3. The summed E-state index contributed by atoms with van der Waals surface area (Å²) in [6.45, 7) is 0. The summed E-state index contributed by atoms with van der Waals surface area (Å²) in [7, 11) is -4.43. The van der Waals surface area contributed by atoms with E-state index in [1.807, 2.05) is 30.3 Å². The van der Waals surface area contributed by atoms with Crippen molar-refractivity contribution in [2.75, 3.05) is 0 Å². The summed E-state index contributed by atoms with van der Waals surface area (Å²) in [6.07, 6.45) is 4.81. The average molecular weight is 327 g/mol. The first-order valence-electron chi connectivity index (χ1n) is 6.75. The van der Waals surface area contributed by atoms with Crippen LogP contribution in [0.3, 0.4) is 0 Å². The minimum absolute atomic E-state index is 0.193. The third-order valence-corrected chi connectivity index (χ3v) is 4.22. The van der Waals surface area contributed by atoms with E-state index in [-0.39, 0.29) is 10.5 Å². The van der Waals surface area contributed by atoms with Gasteiger partial charge in [0.1, 0.15) is 10.6 Å². The third kappa shape index (κ3) is 3.36. The number of hydrogen-bond donors (Lipinski definition) is 2. The molecule has 2 aromatic carbocycles. The smallest absolute Gasteiger partial charge is 0.282 e. The summed E-state index contributed by atoms with van der Waals surface area (Å²) in [4.78, 5) is -0.193. The van der Waals surface area contributed by atoms with Crippen molar-refractivity contribution in [1.82, 2.24) is 15.4 Å². The third-order valence-electron chi connectivity index (χ3n) is 3.25. The highest BCUT2D eigenvalue weighted by Crippen LogP contribution is 2.29. The van der Waals surface area contributed by atoms with Gasteiger partial charge in [-0.25, -0.2) is 0 Å². The van der Waals surface area contributed by atoms with Gasteiger partial charge in [-0.05, 0) is 11.1 Å². The lowest BCUT2D eigenvalue weighted by molar-refractivity contribution is 0.483. The van der Waals surface area contributed by atoms with Gasteiger partial charge in [-0.15, -0.1) is 0 Å². The van der Waals surface area contributed by atoms with E-state index in [0.717, 1.165) is 5.56 Å². The van der Waals surface area contributed by atoms with Gasteiger partial charge in [0.15, 0.2) is 0 Å². The van der Waals surface area contributed by atoms with Crippen molar-refractivity contribution in [3.63, 3.8) is 0 Å². The van der Waals surface area contributed by atoms with Crippen LogP contribution in [0.5, 0.6) is 0 Å². The molecule has 1 heterocycles. The average Bonchev–Trinajstić information content (AvgIpc) is 3.07. The van der Waals surface area contributed by atoms with Gasteiger partial charge in [0.25, 0.3) is 10.1 Å². The molecular weight excluding hydrogens is 314 g/mol. The van der Waals surface area contributed by atoms with Gasteiger partial charge in [-0.3, -0.25) is 4.55 Å². The van der Waals surface area contributed by atoms with E-state index in [2.05, 4.69) is 15.4 Å². The van der Waals surface area contributed by atoms with Crippen LogP contribution in [0.4, 0.5) is 0 Å². The monoisotopic (exact) mass is 327 g/mol. The minimum atomic E-state index is -4.43. The fourth-order valence-electron chi connectivity index (χ4n) is 2.26. The quantitative estimate of drug-likeness (QED) is 0.567. The largest absolute Gasteiger partial charge is 0.295 e. The first-order chi connectivity index (χ1) is 11.1. The van der Waals surface area contributed by atoms with Crippen molar-refractivity contribution in [3.05, 3.63) is 65.9 Å². The van der Waals surface area contributed by atoms with Crippen molar-refractivity contribution >= 4 is 22.3 Å². The highest BCUT2D eigenvalue weighted by molar-refractivity contribution is 7.86. The molecule has 6 nitrogen and oxygen atoms in total. The Morgan fingerprint density at radius 1 is 1.00 bits per heavy atom. The summed E-state index contributed by atoms with van der Waals surface area (Å²) in [5, 5.41) is 9.99. The van der Waals surface area contributed by atoms with Crippen LogP contribution in [-0.4, -0.2) is 28.4 Å². The first-order valence-corrected chi connectivity index (χ1v) is 8.19. The molecule has 0 saturated carbocycles. The predicted molar refractivity (Wildman–Crippen MR) is 87.0 cm³/mol. The molecule has 0 atom stereocenters. The van der Waals surface area contributed by atoms with Gasteiger partial charge in [0.2, 0.25) is 0 Å². The van der Waals surface area contributed by atoms with Crippen LogP contribution in [-0.2, 0) is 10.1 Å². The number of H-pyrrole nitrogens is 1. The zero-order chi connectivity index (χ0) is 16.3. The molecule has 1 aromatic heterocycles. The Balaban J connectivity index is 2.14. The topological polar surface area (TPSA) is 95.9 Å². The second-order valence-corrected chi connectivity index (χ2v) is 6.16. The number of hydrogen-bond acceptors (Lipinski definition) is 4. The van der Waals surface area contributed by atoms with Gasteiger partial charge in [-0.1, -0.05) is 60.7 Å². The number of aromatic nitrogens is 3. The Morgan fingerprint density at radius 2 is 1.78 bits per heavy atom. The number of nitrogens with zero attached hydrogens (tertiary/aromatic N) is 2. The molecular formula is C16H13N3O3S. The Labute approximate surface area is 133 Å². The predicted octanol–water partition coefficient (Wildman–Crippen LogP) is 2.89. The lowest BCUT2D eigenvalue weighted by atomic mass is 10.1. The van der Waals surface area contributed by atoms with E-state index in [1.165, 1.54) is 6.20 Å². The SMILES string of the molecule is O=S(=O)(O)c1c(C=Cc2ccccc2)cccc1-c1cn[nH]n1. The van der Waals surface area contributed by atoms with Gasteiger partial charge in [0.05, 0.1) is 6.20 Å². The Morgan fingerprint density at radius 3 is 2.43 bits per heavy atom. The number of aromatic amines is 1. The van der Waals surface area contributed by atoms with E-state index < -0.39 is 10.1 Å². The maximum absolute atomic E-state index is 11.8. The van der Waals surface area contributed by atoms with Gasteiger partial charge in [-0.2, -0.15) is 23.8 Å². The number of benzene rings is 2. The molecule has 0 fully saturated rings. The van der Waals surface area contributed by atoms with E-state index in [9.17, 15) is 13.0 Å².